The molecule has 3 aromatic rings. The van der Waals surface area contributed by atoms with Crippen molar-refractivity contribution in [3.8, 4) is 28.4 Å². The van der Waals surface area contributed by atoms with Crippen LogP contribution in [0.5, 0.6) is 11.5 Å². The molecule has 0 N–H and O–H groups in total. The zero-order valence-electron chi connectivity index (χ0n) is 12.9. The number of aromatic nitrogens is 2. The first-order chi connectivity index (χ1) is 11.8. The maximum Gasteiger partial charge on any atom is 0.162 e. The van der Waals surface area contributed by atoms with E-state index in [-0.39, 0.29) is 6.54 Å². The van der Waals surface area contributed by atoms with Crippen molar-refractivity contribution in [2.24, 2.45) is 5.18 Å². The highest BCUT2D eigenvalue weighted by Gasteiger charge is 2.17. The Labute approximate surface area is 138 Å². The highest BCUT2D eigenvalue weighted by Crippen LogP contribution is 2.35. The Morgan fingerprint density at radius 1 is 1.04 bits per heavy atom. The van der Waals surface area contributed by atoms with E-state index in [4.69, 9.17) is 9.47 Å². The van der Waals surface area contributed by atoms with Crippen LogP contribution in [0.2, 0.25) is 0 Å². The molecule has 120 valence electrons. The monoisotopic (exact) mass is 321 g/mol. The van der Waals surface area contributed by atoms with E-state index >= 15 is 0 Å². The van der Waals surface area contributed by atoms with E-state index in [0.29, 0.717) is 19.0 Å². The molecule has 6 heteroatoms. The lowest BCUT2D eigenvalue weighted by atomic mass is 10.1. The number of para-hydroxylation sites is 1. The van der Waals surface area contributed by atoms with E-state index in [1.807, 2.05) is 54.7 Å². The third kappa shape index (κ3) is 2.62. The summed E-state index contributed by atoms with van der Waals surface area (Å²) in [5, 5.41) is 7.67. The van der Waals surface area contributed by atoms with Gasteiger partial charge < -0.3 is 9.47 Å². The molecule has 6 nitrogen and oxygen atoms in total. The van der Waals surface area contributed by atoms with Crippen molar-refractivity contribution in [1.82, 2.24) is 9.78 Å². The summed E-state index contributed by atoms with van der Waals surface area (Å²) in [6.45, 7) is 1.14. The molecule has 0 fully saturated rings. The summed E-state index contributed by atoms with van der Waals surface area (Å²) >= 11 is 0. The molecule has 1 aliphatic rings. The number of nitroso groups, excluding NO2 is 1. The highest BCUT2D eigenvalue weighted by molar-refractivity contribution is 5.67. The molecule has 2 aromatic carbocycles. The van der Waals surface area contributed by atoms with Gasteiger partial charge in [0.2, 0.25) is 0 Å². The van der Waals surface area contributed by atoms with Gasteiger partial charge in [-0.3, -0.25) is 0 Å². The van der Waals surface area contributed by atoms with Crippen molar-refractivity contribution in [2.75, 3.05) is 13.2 Å². The third-order valence-corrected chi connectivity index (χ3v) is 3.86. The normalized spacial score (nSPS) is 12.8. The van der Waals surface area contributed by atoms with Crippen LogP contribution in [0.1, 0.15) is 5.56 Å². The van der Waals surface area contributed by atoms with Gasteiger partial charge in [-0.15, -0.1) is 0 Å². The van der Waals surface area contributed by atoms with Crippen LogP contribution in [-0.4, -0.2) is 23.0 Å². The van der Waals surface area contributed by atoms with E-state index in [2.05, 4.69) is 10.3 Å². The minimum atomic E-state index is 0.0661. The summed E-state index contributed by atoms with van der Waals surface area (Å²) in [5.74, 6) is 1.42. The van der Waals surface area contributed by atoms with Crippen LogP contribution < -0.4 is 9.47 Å². The molecule has 4 rings (SSSR count). The molecule has 0 spiro atoms. The molecule has 0 aliphatic carbocycles. The lowest BCUT2D eigenvalue weighted by Gasteiger charge is -2.18. The molecular formula is C18H15N3O3. The molecule has 0 bridgehead atoms. The maximum absolute atomic E-state index is 10.8. The average molecular weight is 321 g/mol. The third-order valence-electron chi connectivity index (χ3n) is 3.86. The van der Waals surface area contributed by atoms with Gasteiger partial charge in [-0.2, -0.15) is 10.0 Å². The molecule has 24 heavy (non-hydrogen) atoms. The summed E-state index contributed by atoms with van der Waals surface area (Å²) in [6.07, 6.45) is 1.84. The van der Waals surface area contributed by atoms with Crippen molar-refractivity contribution in [3.63, 3.8) is 0 Å². The molecule has 1 aromatic heterocycles. The zero-order valence-corrected chi connectivity index (χ0v) is 12.9. The first kappa shape index (κ1) is 14.4. The Morgan fingerprint density at radius 2 is 1.83 bits per heavy atom. The lowest BCUT2D eigenvalue weighted by Crippen LogP contribution is -2.15. The SMILES string of the molecule is O=NCc1cn(-c2ccccc2)nc1-c1ccc2c(c1)OCCO2. The van der Waals surface area contributed by atoms with Gasteiger partial charge >= 0.3 is 0 Å². The van der Waals surface area contributed by atoms with Gasteiger partial charge in [-0.25, -0.2) is 4.68 Å². The smallest absolute Gasteiger partial charge is 0.162 e. The Morgan fingerprint density at radius 3 is 2.62 bits per heavy atom. The van der Waals surface area contributed by atoms with Crippen molar-refractivity contribution < 1.29 is 9.47 Å². The van der Waals surface area contributed by atoms with Crippen LogP contribution in [0, 0.1) is 4.91 Å². The van der Waals surface area contributed by atoms with Crippen LogP contribution in [0.4, 0.5) is 0 Å². The summed E-state index contributed by atoms with van der Waals surface area (Å²) in [7, 11) is 0. The second-order valence-electron chi connectivity index (χ2n) is 5.43. The average Bonchev–Trinajstić information content (AvgIpc) is 3.06. The Kier molecular flexibility index (Phi) is 3.70. The maximum atomic E-state index is 10.8. The number of nitrogens with zero attached hydrogens (tertiary/aromatic N) is 3. The van der Waals surface area contributed by atoms with Gasteiger partial charge in [0, 0.05) is 17.3 Å². The first-order valence-electron chi connectivity index (χ1n) is 7.68. The Bertz CT molecular complexity index is 874. The molecule has 0 saturated carbocycles. The fourth-order valence-corrected chi connectivity index (χ4v) is 2.74. The van der Waals surface area contributed by atoms with Crippen LogP contribution in [0.25, 0.3) is 16.9 Å². The lowest BCUT2D eigenvalue weighted by molar-refractivity contribution is 0.171. The summed E-state index contributed by atoms with van der Waals surface area (Å²) in [5.41, 5.74) is 3.28. The predicted molar refractivity (Wildman–Crippen MR) is 89.5 cm³/mol. The fraction of sp³-hybridized carbons (Fsp3) is 0.167. The van der Waals surface area contributed by atoms with E-state index in [0.717, 1.165) is 28.3 Å². The molecular weight excluding hydrogens is 306 g/mol. The standard InChI is InChI=1S/C18H15N3O3/c22-19-11-14-12-21(15-4-2-1-3-5-15)20-18(14)13-6-7-16-17(10-13)24-9-8-23-16/h1-7,10,12H,8-9,11H2. The minimum absolute atomic E-state index is 0.0661. The summed E-state index contributed by atoms with van der Waals surface area (Å²) in [4.78, 5) is 10.8. The highest BCUT2D eigenvalue weighted by atomic mass is 16.6. The van der Waals surface area contributed by atoms with E-state index in [1.54, 1.807) is 4.68 Å². The molecule has 0 atom stereocenters. The van der Waals surface area contributed by atoms with Gasteiger partial charge in [0.25, 0.3) is 0 Å². The largest absolute Gasteiger partial charge is 0.486 e. The second-order valence-corrected chi connectivity index (χ2v) is 5.43. The van der Waals surface area contributed by atoms with Crippen LogP contribution in [0.15, 0.2) is 59.9 Å². The van der Waals surface area contributed by atoms with E-state index < -0.39 is 0 Å². The summed E-state index contributed by atoms with van der Waals surface area (Å²) in [6, 6.07) is 15.4. The van der Waals surface area contributed by atoms with Gasteiger partial charge in [-0.1, -0.05) is 23.4 Å². The van der Waals surface area contributed by atoms with Gasteiger partial charge in [0.1, 0.15) is 19.8 Å². The zero-order chi connectivity index (χ0) is 16.4. The molecule has 0 unspecified atom stereocenters. The van der Waals surface area contributed by atoms with Crippen molar-refractivity contribution in [1.29, 1.82) is 0 Å². The molecule has 0 radical (unpaired) electrons. The fourth-order valence-electron chi connectivity index (χ4n) is 2.74. The van der Waals surface area contributed by atoms with Gasteiger partial charge in [0.15, 0.2) is 11.5 Å². The number of hydrogen-bond acceptors (Lipinski definition) is 5. The number of fused-ring (bicyclic) bond motifs is 1. The second kappa shape index (κ2) is 6.16. The molecule has 1 aliphatic heterocycles. The number of ether oxygens (including phenoxy) is 2. The number of rotatable bonds is 4. The quantitative estimate of drug-likeness (QED) is 0.689. The Hall–Kier alpha value is -3.15. The van der Waals surface area contributed by atoms with Crippen molar-refractivity contribution >= 4 is 0 Å². The Balaban J connectivity index is 1.79. The molecule has 0 saturated heterocycles. The van der Waals surface area contributed by atoms with Crippen LogP contribution in [-0.2, 0) is 6.54 Å². The molecule has 2 heterocycles. The molecule has 0 amide bonds. The van der Waals surface area contributed by atoms with Crippen LogP contribution >= 0.6 is 0 Å². The number of hydrogen-bond donors (Lipinski definition) is 0. The van der Waals surface area contributed by atoms with Gasteiger partial charge in [-0.05, 0) is 30.3 Å². The van der Waals surface area contributed by atoms with Crippen LogP contribution in [0.3, 0.4) is 0 Å². The van der Waals surface area contributed by atoms with Crippen molar-refractivity contribution in [3.05, 3.63) is 65.2 Å². The van der Waals surface area contributed by atoms with E-state index in [1.165, 1.54) is 0 Å². The first-order valence-corrected chi connectivity index (χ1v) is 7.68. The predicted octanol–water partition coefficient (Wildman–Crippen LogP) is 3.58. The number of benzene rings is 2. The van der Waals surface area contributed by atoms with E-state index in [9.17, 15) is 4.91 Å². The summed E-state index contributed by atoms with van der Waals surface area (Å²) < 4.78 is 12.9. The minimum Gasteiger partial charge on any atom is -0.486 e. The topological polar surface area (TPSA) is 65.7 Å². The van der Waals surface area contributed by atoms with Gasteiger partial charge in [0.05, 0.1) is 11.4 Å². The van der Waals surface area contributed by atoms with Crippen molar-refractivity contribution in [2.45, 2.75) is 6.54 Å².